The Kier molecular flexibility index (Phi) is 7.07. The second kappa shape index (κ2) is 8.31. The summed E-state index contributed by atoms with van der Waals surface area (Å²) in [7, 11) is 3.39. The van der Waals surface area contributed by atoms with Crippen LogP contribution in [0, 0.1) is 5.92 Å². The highest BCUT2D eigenvalue weighted by Gasteiger charge is 2.26. The molecule has 108 valence electrons. The zero-order valence-corrected chi connectivity index (χ0v) is 12.6. The molecule has 1 aliphatic heterocycles. The number of guanidine groups is 1. The van der Waals surface area contributed by atoms with Crippen LogP contribution in [0.2, 0.25) is 0 Å². The van der Waals surface area contributed by atoms with E-state index in [0.29, 0.717) is 19.4 Å². The van der Waals surface area contributed by atoms with Crippen molar-refractivity contribution in [2.75, 3.05) is 18.1 Å². The Morgan fingerprint density at radius 1 is 1.37 bits per heavy atom. The number of aliphatic imine (C=N–C) groups is 1. The maximum atomic E-state index is 11.9. The molecule has 1 unspecified atom stereocenters. The van der Waals surface area contributed by atoms with Gasteiger partial charge in [-0.3, -0.25) is 14.6 Å². The Balaban J connectivity index is 2.37. The molecule has 0 radical (unpaired) electrons. The number of ketones is 1. The summed E-state index contributed by atoms with van der Waals surface area (Å²) in [6, 6.07) is -0.433. The SMILES string of the molecule is CC(=O)C(CCCN=C(N)N)NC(=O)C1CSSC1. The highest BCUT2D eigenvalue weighted by Crippen LogP contribution is 2.34. The zero-order chi connectivity index (χ0) is 14.3. The lowest BCUT2D eigenvalue weighted by atomic mass is 10.1. The van der Waals surface area contributed by atoms with Crippen LogP contribution < -0.4 is 16.8 Å². The van der Waals surface area contributed by atoms with Crippen LogP contribution in [-0.4, -0.2) is 41.7 Å². The summed E-state index contributed by atoms with van der Waals surface area (Å²) in [6.45, 7) is 1.96. The van der Waals surface area contributed by atoms with Gasteiger partial charge in [0, 0.05) is 18.1 Å². The van der Waals surface area contributed by atoms with E-state index >= 15 is 0 Å². The molecule has 1 rings (SSSR count). The summed E-state index contributed by atoms with van der Waals surface area (Å²) in [5.74, 6) is 1.62. The van der Waals surface area contributed by atoms with Crippen LogP contribution in [0.5, 0.6) is 0 Å². The molecule has 8 heteroatoms. The van der Waals surface area contributed by atoms with Gasteiger partial charge in [0.25, 0.3) is 0 Å². The molecule has 0 spiro atoms. The summed E-state index contributed by atoms with van der Waals surface area (Å²) >= 11 is 0. The molecule has 1 amide bonds. The van der Waals surface area contributed by atoms with Crippen LogP contribution in [0.3, 0.4) is 0 Å². The van der Waals surface area contributed by atoms with E-state index in [4.69, 9.17) is 11.5 Å². The number of nitrogens with zero attached hydrogens (tertiary/aromatic N) is 1. The first-order chi connectivity index (χ1) is 9.00. The molecule has 1 aliphatic rings. The van der Waals surface area contributed by atoms with Gasteiger partial charge in [0.05, 0.1) is 12.0 Å². The molecule has 19 heavy (non-hydrogen) atoms. The van der Waals surface area contributed by atoms with Crippen molar-refractivity contribution in [3.05, 3.63) is 0 Å². The third-order valence-electron chi connectivity index (χ3n) is 2.75. The van der Waals surface area contributed by atoms with Gasteiger partial charge in [-0.2, -0.15) is 0 Å². The summed E-state index contributed by atoms with van der Waals surface area (Å²) in [4.78, 5) is 27.3. The maximum Gasteiger partial charge on any atom is 0.225 e. The minimum atomic E-state index is -0.433. The molecule has 1 fully saturated rings. The number of Topliss-reactive ketones (excluding diaryl/α,β-unsaturated/α-hetero) is 1. The van der Waals surface area contributed by atoms with E-state index in [0.717, 1.165) is 11.5 Å². The predicted octanol–water partition coefficient (Wildman–Crippen LogP) is 0.125. The first kappa shape index (κ1) is 16.2. The number of carbonyl (C=O) groups is 2. The fourth-order valence-corrected chi connectivity index (χ4v) is 4.40. The number of rotatable bonds is 7. The van der Waals surface area contributed by atoms with E-state index in [1.807, 2.05) is 0 Å². The minimum Gasteiger partial charge on any atom is -0.370 e. The highest BCUT2D eigenvalue weighted by atomic mass is 33.1. The monoisotopic (exact) mass is 304 g/mol. The Morgan fingerprint density at radius 2 is 2.00 bits per heavy atom. The number of hydrogen-bond acceptors (Lipinski definition) is 5. The van der Waals surface area contributed by atoms with Crippen molar-refractivity contribution in [2.45, 2.75) is 25.8 Å². The highest BCUT2D eigenvalue weighted by molar-refractivity contribution is 8.77. The fourth-order valence-electron chi connectivity index (χ4n) is 1.63. The number of nitrogens with two attached hydrogens (primary N) is 2. The Bertz CT molecular complexity index is 353. The van der Waals surface area contributed by atoms with Crippen LogP contribution in [0.4, 0.5) is 0 Å². The topological polar surface area (TPSA) is 111 Å². The van der Waals surface area contributed by atoms with Crippen molar-refractivity contribution in [3.8, 4) is 0 Å². The van der Waals surface area contributed by atoms with Crippen LogP contribution in [0.25, 0.3) is 0 Å². The van der Waals surface area contributed by atoms with Gasteiger partial charge in [-0.25, -0.2) is 0 Å². The number of amides is 1. The lowest BCUT2D eigenvalue weighted by Gasteiger charge is -2.17. The standard InChI is InChI=1S/C11H20N4O2S2/c1-7(16)9(3-2-4-14-11(12)13)15-10(17)8-5-18-19-6-8/h8-9H,2-6H2,1H3,(H,15,17)(H4,12,13,14). The molecule has 0 saturated carbocycles. The van der Waals surface area contributed by atoms with Gasteiger partial charge in [-0.15, -0.1) is 0 Å². The van der Waals surface area contributed by atoms with Gasteiger partial charge < -0.3 is 16.8 Å². The molecular weight excluding hydrogens is 284 g/mol. The van der Waals surface area contributed by atoms with Gasteiger partial charge in [-0.05, 0) is 19.8 Å². The molecular formula is C11H20N4O2S2. The lowest BCUT2D eigenvalue weighted by molar-refractivity contribution is -0.128. The first-order valence-corrected chi connectivity index (χ1v) is 8.60. The van der Waals surface area contributed by atoms with Crippen molar-refractivity contribution < 1.29 is 9.59 Å². The third kappa shape index (κ3) is 6.20. The van der Waals surface area contributed by atoms with E-state index in [1.165, 1.54) is 6.92 Å². The van der Waals surface area contributed by atoms with E-state index in [-0.39, 0.29) is 23.6 Å². The summed E-state index contributed by atoms with van der Waals surface area (Å²) < 4.78 is 0. The molecule has 0 aliphatic carbocycles. The van der Waals surface area contributed by atoms with Gasteiger partial charge in [0.15, 0.2) is 11.7 Å². The van der Waals surface area contributed by atoms with Crippen molar-refractivity contribution in [1.82, 2.24) is 5.32 Å². The third-order valence-corrected chi connectivity index (χ3v) is 5.31. The van der Waals surface area contributed by atoms with Crippen LogP contribution in [-0.2, 0) is 9.59 Å². The lowest BCUT2D eigenvalue weighted by Crippen LogP contribution is -2.43. The first-order valence-electron chi connectivity index (χ1n) is 6.11. The minimum absolute atomic E-state index is 0.00885. The fraction of sp³-hybridized carbons (Fsp3) is 0.727. The van der Waals surface area contributed by atoms with Crippen LogP contribution >= 0.6 is 21.6 Å². The van der Waals surface area contributed by atoms with Gasteiger partial charge in [0.1, 0.15) is 0 Å². The van der Waals surface area contributed by atoms with E-state index in [9.17, 15) is 9.59 Å². The molecule has 0 bridgehead atoms. The molecule has 0 aromatic rings. The van der Waals surface area contributed by atoms with E-state index in [1.54, 1.807) is 21.6 Å². The van der Waals surface area contributed by atoms with Gasteiger partial charge >= 0.3 is 0 Å². The largest absolute Gasteiger partial charge is 0.370 e. The molecule has 5 N–H and O–H groups in total. The average molecular weight is 304 g/mol. The second-order valence-corrected chi connectivity index (χ2v) is 6.94. The summed E-state index contributed by atoms with van der Waals surface area (Å²) in [5.41, 5.74) is 10.4. The molecule has 0 aromatic heterocycles. The number of hydrogen-bond donors (Lipinski definition) is 3. The summed E-state index contributed by atoms with van der Waals surface area (Å²) in [6.07, 6.45) is 1.22. The smallest absolute Gasteiger partial charge is 0.225 e. The number of nitrogens with one attached hydrogen (secondary N) is 1. The summed E-state index contributed by atoms with van der Waals surface area (Å²) in [5, 5.41) is 2.82. The maximum absolute atomic E-state index is 11.9. The van der Waals surface area contributed by atoms with E-state index < -0.39 is 6.04 Å². The molecule has 1 heterocycles. The zero-order valence-electron chi connectivity index (χ0n) is 10.9. The molecule has 1 saturated heterocycles. The predicted molar refractivity (Wildman–Crippen MR) is 80.9 cm³/mol. The average Bonchev–Trinajstić information content (AvgIpc) is 2.85. The van der Waals surface area contributed by atoms with Crippen molar-refractivity contribution in [2.24, 2.45) is 22.4 Å². The van der Waals surface area contributed by atoms with Gasteiger partial charge in [0.2, 0.25) is 5.91 Å². The van der Waals surface area contributed by atoms with Crippen LogP contribution in [0.1, 0.15) is 19.8 Å². The van der Waals surface area contributed by atoms with Crippen molar-refractivity contribution in [1.29, 1.82) is 0 Å². The Labute approximate surface area is 120 Å². The number of carbonyl (C=O) groups excluding carboxylic acids is 2. The van der Waals surface area contributed by atoms with Crippen LogP contribution in [0.15, 0.2) is 4.99 Å². The molecule has 6 nitrogen and oxygen atoms in total. The Morgan fingerprint density at radius 3 is 2.53 bits per heavy atom. The van der Waals surface area contributed by atoms with Gasteiger partial charge in [-0.1, -0.05) is 21.6 Å². The van der Waals surface area contributed by atoms with Crippen molar-refractivity contribution in [3.63, 3.8) is 0 Å². The normalized spacial score (nSPS) is 16.9. The van der Waals surface area contributed by atoms with E-state index in [2.05, 4.69) is 10.3 Å². The quantitative estimate of drug-likeness (QED) is 0.267. The molecule has 1 atom stereocenters. The van der Waals surface area contributed by atoms with Crippen molar-refractivity contribution >= 4 is 39.2 Å². The molecule has 0 aromatic carbocycles. The second-order valence-electron chi connectivity index (χ2n) is 4.39. The Hall–Kier alpha value is -0.890.